The maximum atomic E-state index is 12.8. The van der Waals surface area contributed by atoms with Crippen molar-refractivity contribution in [3.63, 3.8) is 0 Å². The molecule has 32 heavy (non-hydrogen) atoms. The summed E-state index contributed by atoms with van der Waals surface area (Å²) in [6, 6.07) is 15.2. The monoisotopic (exact) mass is 495 g/mol. The molecular weight excluding hydrogens is 474 g/mol. The van der Waals surface area contributed by atoms with Gasteiger partial charge in [-0.25, -0.2) is 9.67 Å². The van der Waals surface area contributed by atoms with Gasteiger partial charge in [-0.1, -0.05) is 40.2 Å². The molecule has 2 aromatic heterocycles. The van der Waals surface area contributed by atoms with Gasteiger partial charge in [0.1, 0.15) is 17.5 Å². The fourth-order valence-corrected chi connectivity index (χ4v) is 3.62. The van der Waals surface area contributed by atoms with Crippen LogP contribution in [-0.2, 0) is 24.3 Å². The second-order valence-corrected chi connectivity index (χ2v) is 8.20. The molecule has 0 aliphatic heterocycles. The molecule has 4 rings (SSSR count). The van der Waals surface area contributed by atoms with Gasteiger partial charge >= 0.3 is 0 Å². The molecule has 0 saturated heterocycles. The number of ether oxygens (including phenoxy) is 1. The van der Waals surface area contributed by atoms with Crippen molar-refractivity contribution in [2.45, 2.75) is 19.5 Å². The Morgan fingerprint density at radius 1 is 1.09 bits per heavy atom. The third kappa shape index (κ3) is 5.05. The van der Waals surface area contributed by atoms with Crippen LogP contribution in [0.5, 0.6) is 5.75 Å². The molecule has 164 valence electrons. The van der Waals surface area contributed by atoms with Gasteiger partial charge in [0, 0.05) is 11.0 Å². The van der Waals surface area contributed by atoms with Crippen molar-refractivity contribution in [3.8, 4) is 5.75 Å². The molecule has 0 bridgehead atoms. The smallest absolute Gasteiger partial charge is 0.264 e. The quantitative estimate of drug-likeness (QED) is 0.405. The Labute approximate surface area is 193 Å². The van der Waals surface area contributed by atoms with E-state index in [1.54, 1.807) is 16.4 Å². The van der Waals surface area contributed by atoms with Crippen molar-refractivity contribution >= 4 is 32.9 Å². The van der Waals surface area contributed by atoms with Gasteiger partial charge < -0.3 is 10.1 Å². The van der Waals surface area contributed by atoms with Gasteiger partial charge in [0.15, 0.2) is 5.65 Å². The maximum Gasteiger partial charge on any atom is 0.264 e. The molecule has 1 N–H and O–H groups in total. The molecule has 0 radical (unpaired) electrons. The Morgan fingerprint density at radius 2 is 1.81 bits per heavy atom. The lowest BCUT2D eigenvalue weighted by atomic mass is 10.1. The largest absolute Gasteiger partial charge is 0.497 e. The number of halogens is 1. The summed E-state index contributed by atoms with van der Waals surface area (Å²) in [5, 5.41) is 7.62. The van der Waals surface area contributed by atoms with E-state index in [0.717, 1.165) is 21.3 Å². The van der Waals surface area contributed by atoms with Gasteiger partial charge in [-0.05, 0) is 35.4 Å². The van der Waals surface area contributed by atoms with Gasteiger partial charge in [-0.2, -0.15) is 5.10 Å². The molecule has 9 heteroatoms. The second-order valence-electron chi connectivity index (χ2n) is 7.28. The number of methoxy groups -OCH3 is 1. The van der Waals surface area contributed by atoms with Crippen LogP contribution < -0.4 is 15.6 Å². The average Bonchev–Trinajstić information content (AvgIpc) is 3.21. The van der Waals surface area contributed by atoms with E-state index in [0.29, 0.717) is 30.7 Å². The number of carbonyl (C=O) groups is 1. The number of nitrogens with zero attached hydrogens (tertiary/aromatic N) is 4. The molecule has 2 aromatic carbocycles. The fourth-order valence-electron chi connectivity index (χ4n) is 3.35. The van der Waals surface area contributed by atoms with Crippen molar-refractivity contribution in [3.05, 3.63) is 87.0 Å². The molecule has 0 aliphatic rings. The molecule has 2 heterocycles. The number of amides is 1. The normalized spacial score (nSPS) is 10.9. The first kappa shape index (κ1) is 21.8. The van der Waals surface area contributed by atoms with E-state index in [2.05, 4.69) is 31.3 Å². The standard InChI is InChI=1S/C23H22BrN5O3/c1-32-19-8-4-16(5-9-19)12-21(30)25-10-11-29-22-20(13-27-29)23(31)28(15-26-22)14-17-2-6-18(24)7-3-17/h2-9,13,15H,10-12,14H2,1H3,(H,25,30). The predicted octanol–water partition coefficient (Wildman–Crippen LogP) is 2.77. The molecule has 0 fully saturated rings. The van der Waals surface area contributed by atoms with Gasteiger partial charge in [0.2, 0.25) is 5.91 Å². The number of fused-ring (bicyclic) bond motifs is 1. The Bertz CT molecular complexity index is 1280. The summed E-state index contributed by atoms with van der Waals surface area (Å²) >= 11 is 3.41. The highest BCUT2D eigenvalue weighted by Gasteiger charge is 2.11. The van der Waals surface area contributed by atoms with E-state index in [-0.39, 0.29) is 17.9 Å². The number of benzene rings is 2. The van der Waals surface area contributed by atoms with Crippen LogP contribution in [0.15, 0.2) is 70.3 Å². The molecule has 0 unspecified atom stereocenters. The molecule has 0 spiro atoms. The Balaban J connectivity index is 1.37. The van der Waals surface area contributed by atoms with E-state index in [9.17, 15) is 9.59 Å². The third-order valence-electron chi connectivity index (χ3n) is 5.06. The van der Waals surface area contributed by atoms with Crippen molar-refractivity contribution < 1.29 is 9.53 Å². The van der Waals surface area contributed by atoms with Crippen LogP contribution in [0.2, 0.25) is 0 Å². The lowest BCUT2D eigenvalue weighted by molar-refractivity contribution is -0.120. The van der Waals surface area contributed by atoms with Crippen molar-refractivity contribution in [1.82, 2.24) is 24.6 Å². The van der Waals surface area contributed by atoms with Crippen molar-refractivity contribution in [2.75, 3.05) is 13.7 Å². The molecule has 1 amide bonds. The number of hydrogen-bond donors (Lipinski definition) is 1. The number of hydrogen-bond acceptors (Lipinski definition) is 5. The average molecular weight is 496 g/mol. The Hall–Kier alpha value is -3.46. The zero-order valence-corrected chi connectivity index (χ0v) is 19.1. The molecule has 4 aromatic rings. The molecule has 0 aliphatic carbocycles. The van der Waals surface area contributed by atoms with Gasteiger partial charge in [0.05, 0.1) is 32.8 Å². The second kappa shape index (κ2) is 9.78. The summed E-state index contributed by atoms with van der Waals surface area (Å²) in [6.45, 7) is 1.23. The minimum absolute atomic E-state index is 0.0866. The van der Waals surface area contributed by atoms with Crippen LogP contribution in [0.1, 0.15) is 11.1 Å². The van der Waals surface area contributed by atoms with Crippen LogP contribution in [0.25, 0.3) is 11.0 Å². The number of aromatic nitrogens is 4. The lowest BCUT2D eigenvalue weighted by Gasteiger charge is -2.08. The summed E-state index contributed by atoms with van der Waals surface area (Å²) < 4.78 is 9.31. The Morgan fingerprint density at radius 3 is 2.53 bits per heavy atom. The number of carbonyl (C=O) groups excluding carboxylic acids is 1. The van der Waals surface area contributed by atoms with Crippen molar-refractivity contribution in [1.29, 1.82) is 0 Å². The topological polar surface area (TPSA) is 91.0 Å². The summed E-state index contributed by atoms with van der Waals surface area (Å²) in [5.74, 6) is 0.666. The summed E-state index contributed by atoms with van der Waals surface area (Å²) in [5.41, 5.74) is 2.27. The highest BCUT2D eigenvalue weighted by atomic mass is 79.9. The molecule has 8 nitrogen and oxygen atoms in total. The third-order valence-corrected chi connectivity index (χ3v) is 5.59. The van der Waals surface area contributed by atoms with Crippen LogP contribution in [0.3, 0.4) is 0 Å². The first-order valence-electron chi connectivity index (χ1n) is 10.1. The first-order chi connectivity index (χ1) is 15.5. The fraction of sp³-hybridized carbons (Fsp3) is 0.217. The van der Waals surface area contributed by atoms with E-state index < -0.39 is 0 Å². The van der Waals surface area contributed by atoms with Crippen LogP contribution in [-0.4, -0.2) is 38.9 Å². The van der Waals surface area contributed by atoms with E-state index in [4.69, 9.17) is 4.74 Å². The zero-order valence-electron chi connectivity index (χ0n) is 17.5. The highest BCUT2D eigenvalue weighted by Crippen LogP contribution is 2.13. The minimum Gasteiger partial charge on any atom is -0.497 e. The van der Waals surface area contributed by atoms with E-state index in [1.165, 1.54) is 12.5 Å². The number of nitrogens with one attached hydrogen (secondary N) is 1. The Kier molecular flexibility index (Phi) is 6.65. The van der Waals surface area contributed by atoms with E-state index in [1.807, 2.05) is 48.5 Å². The van der Waals surface area contributed by atoms with Gasteiger partial charge in [-0.3, -0.25) is 14.2 Å². The van der Waals surface area contributed by atoms with Gasteiger partial charge in [-0.15, -0.1) is 0 Å². The molecular formula is C23H22BrN5O3. The van der Waals surface area contributed by atoms with E-state index >= 15 is 0 Å². The van der Waals surface area contributed by atoms with Crippen LogP contribution in [0.4, 0.5) is 0 Å². The zero-order chi connectivity index (χ0) is 22.5. The maximum absolute atomic E-state index is 12.8. The van der Waals surface area contributed by atoms with Crippen molar-refractivity contribution in [2.24, 2.45) is 0 Å². The summed E-state index contributed by atoms with van der Waals surface area (Å²) in [6.07, 6.45) is 3.35. The van der Waals surface area contributed by atoms with Crippen LogP contribution >= 0.6 is 15.9 Å². The van der Waals surface area contributed by atoms with Gasteiger partial charge in [0.25, 0.3) is 5.56 Å². The highest BCUT2D eigenvalue weighted by molar-refractivity contribution is 9.10. The summed E-state index contributed by atoms with van der Waals surface area (Å²) in [4.78, 5) is 29.5. The predicted molar refractivity (Wildman–Crippen MR) is 125 cm³/mol. The minimum atomic E-state index is -0.146. The number of rotatable bonds is 8. The SMILES string of the molecule is COc1ccc(CC(=O)NCCn2ncc3c(=O)n(Cc4ccc(Br)cc4)cnc32)cc1. The van der Waals surface area contributed by atoms with Crippen LogP contribution in [0, 0.1) is 0 Å². The molecule has 0 saturated carbocycles. The molecule has 0 atom stereocenters. The summed E-state index contributed by atoms with van der Waals surface area (Å²) in [7, 11) is 1.60. The first-order valence-corrected chi connectivity index (χ1v) is 10.9. The lowest BCUT2D eigenvalue weighted by Crippen LogP contribution is -2.29.